The molecule has 2 aromatic rings. The van der Waals surface area contributed by atoms with Crippen LogP contribution in [0.3, 0.4) is 0 Å². The summed E-state index contributed by atoms with van der Waals surface area (Å²) in [6, 6.07) is 13.4. The SMILES string of the molecule is CCCNc1ccccc1C(=O)NCc1cccc(C)n1. The minimum Gasteiger partial charge on any atom is -0.384 e. The van der Waals surface area contributed by atoms with Crippen molar-refractivity contribution in [2.45, 2.75) is 26.8 Å². The minimum atomic E-state index is -0.0856. The molecule has 0 fully saturated rings. The molecule has 0 aliphatic heterocycles. The Bertz CT molecular complexity index is 610. The fourth-order valence-corrected chi connectivity index (χ4v) is 2.06. The molecule has 110 valence electrons. The van der Waals surface area contributed by atoms with Crippen molar-refractivity contribution in [2.24, 2.45) is 0 Å². The first-order valence-corrected chi connectivity index (χ1v) is 7.24. The molecule has 21 heavy (non-hydrogen) atoms. The number of para-hydroxylation sites is 1. The second kappa shape index (κ2) is 7.43. The Labute approximate surface area is 125 Å². The van der Waals surface area contributed by atoms with E-state index in [2.05, 4.69) is 22.5 Å². The van der Waals surface area contributed by atoms with Gasteiger partial charge in [0.25, 0.3) is 5.91 Å². The molecule has 0 spiro atoms. The van der Waals surface area contributed by atoms with Crippen molar-refractivity contribution in [2.75, 3.05) is 11.9 Å². The van der Waals surface area contributed by atoms with Gasteiger partial charge in [-0.1, -0.05) is 25.1 Å². The summed E-state index contributed by atoms with van der Waals surface area (Å²) in [5, 5.41) is 6.19. The molecule has 1 aromatic heterocycles. The molecule has 1 amide bonds. The van der Waals surface area contributed by atoms with Gasteiger partial charge in [0.1, 0.15) is 0 Å². The van der Waals surface area contributed by atoms with Gasteiger partial charge in [0.05, 0.1) is 17.8 Å². The second-order valence-electron chi connectivity index (χ2n) is 4.93. The van der Waals surface area contributed by atoms with E-state index in [1.807, 2.05) is 49.4 Å². The van der Waals surface area contributed by atoms with E-state index in [0.29, 0.717) is 12.1 Å². The fraction of sp³-hybridized carbons (Fsp3) is 0.294. The lowest BCUT2D eigenvalue weighted by Gasteiger charge is -2.11. The number of benzene rings is 1. The third kappa shape index (κ3) is 4.31. The van der Waals surface area contributed by atoms with Crippen LogP contribution in [-0.2, 0) is 6.54 Å². The first-order valence-electron chi connectivity index (χ1n) is 7.24. The lowest BCUT2D eigenvalue weighted by atomic mass is 10.1. The zero-order valence-electron chi connectivity index (χ0n) is 12.5. The van der Waals surface area contributed by atoms with Gasteiger partial charge in [0.15, 0.2) is 0 Å². The number of carbonyl (C=O) groups excluding carboxylic acids is 1. The number of carbonyl (C=O) groups is 1. The highest BCUT2D eigenvalue weighted by atomic mass is 16.1. The van der Waals surface area contributed by atoms with Crippen LogP contribution in [0.15, 0.2) is 42.5 Å². The van der Waals surface area contributed by atoms with E-state index in [9.17, 15) is 4.79 Å². The van der Waals surface area contributed by atoms with Crippen molar-refractivity contribution in [1.29, 1.82) is 0 Å². The quantitative estimate of drug-likeness (QED) is 0.856. The van der Waals surface area contributed by atoms with Gasteiger partial charge < -0.3 is 10.6 Å². The van der Waals surface area contributed by atoms with Crippen LogP contribution in [0, 0.1) is 6.92 Å². The predicted molar refractivity (Wildman–Crippen MR) is 85.4 cm³/mol. The average molecular weight is 283 g/mol. The molecule has 4 heteroatoms. The summed E-state index contributed by atoms with van der Waals surface area (Å²) < 4.78 is 0. The number of hydrogen-bond donors (Lipinski definition) is 2. The monoisotopic (exact) mass is 283 g/mol. The summed E-state index contributed by atoms with van der Waals surface area (Å²) in [7, 11) is 0. The van der Waals surface area contributed by atoms with Crippen LogP contribution in [0.4, 0.5) is 5.69 Å². The predicted octanol–water partition coefficient (Wildman–Crippen LogP) is 3.14. The Hall–Kier alpha value is -2.36. The van der Waals surface area contributed by atoms with Crippen LogP contribution in [-0.4, -0.2) is 17.4 Å². The van der Waals surface area contributed by atoms with E-state index >= 15 is 0 Å². The number of aryl methyl sites for hydroxylation is 1. The van der Waals surface area contributed by atoms with Gasteiger partial charge in [-0.15, -0.1) is 0 Å². The lowest BCUT2D eigenvalue weighted by molar-refractivity contribution is 0.0951. The summed E-state index contributed by atoms with van der Waals surface area (Å²) >= 11 is 0. The Morgan fingerprint density at radius 3 is 2.71 bits per heavy atom. The van der Waals surface area contributed by atoms with Gasteiger partial charge in [-0.3, -0.25) is 9.78 Å². The van der Waals surface area contributed by atoms with E-state index in [1.165, 1.54) is 0 Å². The number of rotatable bonds is 6. The van der Waals surface area contributed by atoms with Gasteiger partial charge in [-0.25, -0.2) is 0 Å². The van der Waals surface area contributed by atoms with Crippen LogP contribution >= 0.6 is 0 Å². The third-order valence-corrected chi connectivity index (χ3v) is 3.11. The first kappa shape index (κ1) is 15.0. The molecule has 0 saturated carbocycles. The van der Waals surface area contributed by atoms with Gasteiger partial charge in [0.2, 0.25) is 0 Å². The Kier molecular flexibility index (Phi) is 5.32. The fourth-order valence-electron chi connectivity index (χ4n) is 2.06. The van der Waals surface area contributed by atoms with Crippen LogP contribution in [0.2, 0.25) is 0 Å². The number of anilines is 1. The van der Waals surface area contributed by atoms with E-state index in [-0.39, 0.29) is 5.91 Å². The Balaban J connectivity index is 2.03. The molecule has 0 aliphatic carbocycles. The molecule has 0 aliphatic rings. The summed E-state index contributed by atoms with van der Waals surface area (Å²) in [4.78, 5) is 16.7. The van der Waals surface area contributed by atoms with Crippen molar-refractivity contribution >= 4 is 11.6 Å². The van der Waals surface area contributed by atoms with Gasteiger partial charge in [-0.05, 0) is 37.6 Å². The molecule has 0 atom stereocenters. The molecular formula is C17H21N3O. The molecule has 0 unspecified atom stereocenters. The Morgan fingerprint density at radius 1 is 1.14 bits per heavy atom. The highest BCUT2D eigenvalue weighted by Crippen LogP contribution is 2.15. The van der Waals surface area contributed by atoms with E-state index in [1.54, 1.807) is 0 Å². The molecule has 1 heterocycles. The van der Waals surface area contributed by atoms with Gasteiger partial charge >= 0.3 is 0 Å². The summed E-state index contributed by atoms with van der Waals surface area (Å²) in [6.07, 6.45) is 1.02. The summed E-state index contributed by atoms with van der Waals surface area (Å²) in [5.74, 6) is -0.0856. The second-order valence-corrected chi connectivity index (χ2v) is 4.93. The highest BCUT2D eigenvalue weighted by Gasteiger charge is 2.10. The van der Waals surface area contributed by atoms with Crippen LogP contribution in [0.25, 0.3) is 0 Å². The molecule has 2 N–H and O–H groups in total. The molecular weight excluding hydrogens is 262 g/mol. The molecule has 1 aromatic carbocycles. The molecule has 4 nitrogen and oxygen atoms in total. The van der Waals surface area contributed by atoms with Crippen LogP contribution < -0.4 is 10.6 Å². The normalized spacial score (nSPS) is 10.2. The molecule has 0 bridgehead atoms. The number of amides is 1. The summed E-state index contributed by atoms with van der Waals surface area (Å²) in [5.41, 5.74) is 3.35. The zero-order chi connectivity index (χ0) is 15.1. The van der Waals surface area contributed by atoms with E-state index < -0.39 is 0 Å². The van der Waals surface area contributed by atoms with Crippen molar-refractivity contribution < 1.29 is 4.79 Å². The largest absolute Gasteiger partial charge is 0.384 e. The first-order chi connectivity index (χ1) is 10.2. The van der Waals surface area contributed by atoms with E-state index in [4.69, 9.17) is 0 Å². The number of nitrogens with one attached hydrogen (secondary N) is 2. The van der Waals surface area contributed by atoms with Crippen molar-refractivity contribution in [3.05, 3.63) is 59.4 Å². The number of aromatic nitrogens is 1. The maximum atomic E-state index is 12.3. The number of hydrogen-bond acceptors (Lipinski definition) is 3. The topological polar surface area (TPSA) is 54.0 Å². The zero-order valence-corrected chi connectivity index (χ0v) is 12.5. The smallest absolute Gasteiger partial charge is 0.253 e. The van der Waals surface area contributed by atoms with Crippen molar-refractivity contribution in [3.63, 3.8) is 0 Å². The lowest BCUT2D eigenvalue weighted by Crippen LogP contribution is -2.24. The average Bonchev–Trinajstić information content (AvgIpc) is 2.51. The standard InChI is InChI=1S/C17H21N3O/c1-3-11-18-16-10-5-4-9-15(16)17(21)19-12-14-8-6-7-13(2)20-14/h4-10,18H,3,11-12H2,1-2H3,(H,19,21). The van der Waals surface area contributed by atoms with Gasteiger partial charge in [-0.2, -0.15) is 0 Å². The maximum Gasteiger partial charge on any atom is 0.253 e. The molecule has 0 saturated heterocycles. The molecule has 0 radical (unpaired) electrons. The third-order valence-electron chi connectivity index (χ3n) is 3.11. The van der Waals surface area contributed by atoms with Crippen molar-refractivity contribution in [1.82, 2.24) is 10.3 Å². The number of nitrogens with zero attached hydrogens (tertiary/aromatic N) is 1. The maximum absolute atomic E-state index is 12.3. The van der Waals surface area contributed by atoms with E-state index in [0.717, 1.165) is 30.0 Å². The van der Waals surface area contributed by atoms with Crippen molar-refractivity contribution in [3.8, 4) is 0 Å². The minimum absolute atomic E-state index is 0.0856. The Morgan fingerprint density at radius 2 is 1.95 bits per heavy atom. The van der Waals surface area contributed by atoms with Gasteiger partial charge in [0, 0.05) is 17.9 Å². The highest BCUT2D eigenvalue weighted by molar-refractivity contribution is 5.99. The number of pyridine rings is 1. The molecule has 2 rings (SSSR count). The van der Waals surface area contributed by atoms with Crippen LogP contribution in [0.5, 0.6) is 0 Å². The van der Waals surface area contributed by atoms with Crippen LogP contribution in [0.1, 0.15) is 35.1 Å². The summed E-state index contributed by atoms with van der Waals surface area (Å²) in [6.45, 7) is 5.32.